The van der Waals surface area contributed by atoms with Gasteiger partial charge in [-0.2, -0.15) is 0 Å². The SMILES string of the molecule is CC(=O)C(C)N(C)C1CC1. The van der Waals surface area contributed by atoms with Crippen LogP contribution in [0.4, 0.5) is 0 Å². The van der Waals surface area contributed by atoms with E-state index in [-0.39, 0.29) is 11.8 Å². The predicted octanol–water partition coefficient (Wildman–Crippen LogP) is 1.06. The Balaban J connectivity index is 2.38. The number of carbonyl (C=O) groups is 1. The highest BCUT2D eigenvalue weighted by molar-refractivity contribution is 5.80. The molecule has 1 aliphatic carbocycles. The molecule has 2 heteroatoms. The molecule has 0 heterocycles. The van der Waals surface area contributed by atoms with Crippen LogP contribution < -0.4 is 0 Å². The number of Topliss-reactive ketones (excluding diaryl/α,β-unsaturated/α-hetero) is 1. The summed E-state index contributed by atoms with van der Waals surface area (Å²) >= 11 is 0. The third-order valence-corrected chi connectivity index (χ3v) is 2.32. The lowest BCUT2D eigenvalue weighted by atomic mass is 10.2. The zero-order chi connectivity index (χ0) is 7.72. The zero-order valence-electron chi connectivity index (χ0n) is 6.92. The molecule has 1 aliphatic rings. The van der Waals surface area contributed by atoms with Gasteiger partial charge in [0.15, 0.2) is 0 Å². The summed E-state index contributed by atoms with van der Waals surface area (Å²) in [6.07, 6.45) is 2.54. The van der Waals surface area contributed by atoms with Crippen molar-refractivity contribution in [3.05, 3.63) is 0 Å². The van der Waals surface area contributed by atoms with Gasteiger partial charge in [-0.25, -0.2) is 0 Å². The van der Waals surface area contributed by atoms with Crippen molar-refractivity contribution in [2.24, 2.45) is 0 Å². The summed E-state index contributed by atoms with van der Waals surface area (Å²) in [5, 5.41) is 0. The molecule has 0 radical (unpaired) electrons. The van der Waals surface area contributed by atoms with Gasteiger partial charge in [0.2, 0.25) is 0 Å². The van der Waals surface area contributed by atoms with Gasteiger partial charge < -0.3 is 0 Å². The number of nitrogens with zero attached hydrogens (tertiary/aromatic N) is 1. The van der Waals surface area contributed by atoms with E-state index in [4.69, 9.17) is 0 Å². The molecule has 1 saturated carbocycles. The first-order valence-electron chi connectivity index (χ1n) is 3.85. The third kappa shape index (κ3) is 1.57. The maximum atomic E-state index is 10.9. The fourth-order valence-corrected chi connectivity index (χ4v) is 1.08. The van der Waals surface area contributed by atoms with Crippen molar-refractivity contribution >= 4 is 5.78 Å². The first-order chi connectivity index (χ1) is 4.63. The fourth-order valence-electron chi connectivity index (χ4n) is 1.08. The molecule has 0 N–H and O–H groups in total. The van der Waals surface area contributed by atoms with Gasteiger partial charge in [0.25, 0.3) is 0 Å². The number of hydrogen-bond donors (Lipinski definition) is 0. The minimum absolute atomic E-state index is 0.118. The summed E-state index contributed by atoms with van der Waals surface area (Å²) in [5.74, 6) is 0.273. The van der Waals surface area contributed by atoms with E-state index in [0.717, 1.165) is 0 Å². The van der Waals surface area contributed by atoms with Crippen LogP contribution in [0.25, 0.3) is 0 Å². The Labute approximate surface area is 62.2 Å². The topological polar surface area (TPSA) is 20.3 Å². The van der Waals surface area contributed by atoms with Gasteiger partial charge in [-0.1, -0.05) is 0 Å². The number of likely N-dealkylation sites (N-methyl/N-ethyl adjacent to an activating group) is 1. The Bertz CT molecular complexity index is 140. The number of rotatable bonds is 3. The molecule has 1 unspecified atom stereocenters. The summed E-state index contributed by atoms with van der Waals surface area (Å²) < 4.78 is 0. The Morgan fingerprint density at radius 1 is 1.60 bits per heavy atom. The average Bonchev–Trinajstić information content (AvgIpc) is 2.65. The molecule has 58 valence electrons. The van der Waals surface area contributed by atoms with Crippen LogP contribution in [0.3, 0.4) is 0 Å². The summed E-state index contributed by atoms with van der Waals surface area (Å²) in [7, 11) is 2.03. The van der Waals surface area contributed by atoms with Crippen LogP contribution in [0.15, 0.2) is 0 Å². The molecule has 0 aromatic carbocycles. The molecule has 0 aromatic heterocycles. The summed E-state index contributed by atoms with van der Waals surface area (Å²) in [5.41, 5.74) is 0. The van der Waals surface area contributed by atoms with Crippen LogP contribution in [0, 0.1) is 0 Å². The largest absolute Gasteiger partial charge is 0.298 e. The average molecular weight is 141 g/mol. The molecule has 0 saturated heterocycles. The van der Waals surface area contributed by atoms with Crippen molar-refractivity contribution in [1.29, 1.82) is 0 Å². The van der Waals surface area contributed by atoms with Gasteiger partial charge in [0.05, 0.1) is 6.04 Å². The quantitative estimate of drug-likeness (QED) is 0.585. The first kappa shape index (κ1) is 7.73. The van der Waals surface area contributed by atoms with E-state index in [1.807, 2.05) is 14.0 Å². The molecule has 0 amide bonds. The molecule has 10 heavy (non-hydrogen) atoms. The first-order valence-corrected chi connectivity index (χ1v) is 3.85. The lowest BCUT2D eigenvalue weighted by Gasteiger charge is -2.21. The van der Waals surface area contributed by atoms with Crippen molar-refractivity contribution in [1.82, 2.24) is 4.90 Å². The normalized spacial score (nSPS) is 21.2. The van der Waals surface area contributed by atoms with Crippen LogP contribution in [0.5, 0.6) is 0 Å². The number of ketones is 1. The molecule has 0 aromatic rings. The lowest BCUT2D eigenvalue weighted by molar-refractivity contribution is -0.121. The smallest absolute Gasteiger partial charge is 0.146 e. The van der Waals surface area contributed by atoms with Gasteiger partial charge in [-0.05, 0) is 33.7 Å². The summed E-state index contributed by atoms with van der Waals surface area (Å²) in [6.45, 7) is 3.63. The molecule has 1 atom stereocenters. The second kappa shape index (κ2) is 2.70. The number of carbonyl (C=O) groups excluding carboxylic acids is 1. The predicted molar refractivity (Wildman–Crippen MR) is 40.9 cm³/mol. The van der Waals surface area contributed by atoms with Crippen molar-refractivity contribution in [2.45, 2.75) is 38.8 Å². The maximum absolute atomic E-state index is 10.9. The molecule has 0 spiro atoms. The Morgan fingerprint density at radius 3 is 2.40 bits per heavy atom. The molecule has 0 aliphatic heterocycles. The molecule has 0 bridgehead atoms. The highest BCUT2D eigenvalue weighted by Crippen LogP contribution is 2.26. The molecule has 1 rings (SSSR count). The van der Waals surface area contributed by atoms with E-state index in [1.54, 1.807) is 6.92 Å². The van der Waals surface area contributed by atoms with Crippen molar-refractivity contribution in [3.8, 4) is 0 Å². The summed E-state index contributed by atoms with van der Waals surface area (Å²) in [4.78, 5) is 13.0. The van der Waals surface area contributed by atoms with E-state index in [0.29, 0.717) is 6.04 Å². The minimum Gasteiger partial charge on any atom is -0.298 e. The van der Waals surface area contributed by atoms with Gasteiger partial charge >= 0.3 is 0 Å². The van der Waals surface area contributed by atoms with E-state index in [1.165, 1.54) is 12.8 Å². The lowest BCUT2D eigenvalue weighted by Crippen LogP contribution is -2.36. The zero-order valence-corrected chi connectivity index (χ0v) is 6.92. The van der Waals surface area contributed by atoms with Gasteiger partial charge in [0, 0.05) is 6.04 Å². The Kier molecular flexibility index (Phi) is 2.09. The van der Waals surface area contributed by atoms with Gasteiger partial charge in [-0.15, -0.1) is 0 Å². The minimum atomic E-state index is 0.118. The van der Waals surface area contributed by atoms with E-state index >= 15 is 0 Å². The highest BCUT2D eigenvalue weighted by Gasteiger charge is 2.30. The standard InChI is InChI=1S/C8H15NO/c1-6(7(2)10)9(3)8-4-5-8/h6,8H,4-5H2,1-3H3. The van der Waals surface area contributed by atoms with Crippen molar-refractivity contribution in [3.63, 3.8) is 0 Å². The van der Waals surface area contributed by atoms with Gasteiger partial charge in [0.1, 0.15) is 5.78 Å². The van der Waals surface area contributed by atoms with Crippen LogP contribution in [0.1, 0.15) is 26.7 Å². The van der Waals surface area contributed by atoms with Crippen LogP contribution in [-0.4, -0.2) is 29.8 Å². The molecular formula is C8H15NO. The molecule has 1 fully saturated rings. The Hall–Kier alpha value is -0.370. The summed E-state index contributed by atoms with van der Waals surface area (Å²) in [6, 6.07) is 0.811. The van der Waals surface area contributed by atoms with Crippen molar-refractivity contribution in [2.75, 3.05) is 7.05 Å². The van der Waals surface area contributed by atoms with E-state index < -0.39 is 0 Å². The van der Waals surface area contributed by atoms with Crippen LogP contribution in [-0.2, 0) is 4.79 Å². The van der Waals surface area contributed by atoms with Crippen molar-refractivity contribution < 1.29 is 4.79 Å². The van der Waals surface area contributed by atoms with E-state index in [2.05, 4.69) is 4.90 Å². The van der Waals surface area contributed by atoms with Crippen LogP contribution >= 0.6 is 0 Å². The van der Waals surface area contributed by atoms with Gasteiger partial charge in [-0.3, -0.25) is 9.69 Å². The Morgan fingerprint density at radius 2 is 2.10 bits per heavy atom. The molecule has 2 nitrogen and oxygen atoms in total. The second-order valence-corrected chi connectivity index (χ2v) is 3.18. The number of hydrogen-bond acceptors (Lipinski definition) is 2. The maximum Gasteiger partial charge on any atom is 0.146 e. The van der Waals surface area contributed by atoms with Crippen LogP contribution in [0.2, 0.25) is 0 Å². The molecular weight excluding hydrogens is 126 g/mol. The fraction of sp³-hybridized carbons (Fsp3) is 0.875. The highest BCUT2D eigenvalue weighted by atomic mass is 16.1. The third-order valence-electron chi connectivity index (χ3n) is 2.32. The monoisotopic (exact) mass is 141 g/mol. The van der Waals surface area contributed by atoms with E-state index in [9.17, 15) is 4.79 Å². The second-order valence-electron chi connectivity index (χ2n) is 3.18.